The van der Waals surface area contributed by atoms with E-state index in [1.807, 2.05) is 30.0 Å². The van der Waals surface area contributed by atoms with Gasteiger partial charge in [0, 0.05) is 18.0 Å². The highest BCUT2D eigenvalue weighted by molar-refractivity contribution is 8.03. The van der Waals surface area contributed by atoms with Crippen molar-refractivity contribution in [3.63, 3.8) is 0 Å². The maximum atomic E-state index is 10.4. The van der Waals surface area contributed by atoms with Crippen molar-refractivity contribution < 1.29 is 17.5 Å². The molecule has 0 atom stereocenters. The molecule has 0 fully saturated rings. The van der Waals surface area contributed by atoms with Gasteiger partial charge in [-0.15, -0.1) is 0 Å². The van der Waals surface area contributed by atoms with Gasteiger partial charge < -0.3 is 9.45 Å². The van der Waals surface area contributed by atoms with E-state index in [-0.39, 0.29) is 4.90 Å². The summed E-state index contributed by atoms with van der Waals surface area (Å²) in [4.78, 5) is 3.42. The Morgan fingerprint density at radius 2 is 1.62 bits per heavy atom. The number of fused-ring (bicyclic) bond motifs is 2. The first kappa shape index (κ1) is 22.5. The van der Waals surface area contributed by atoms with Gasteiger partial charge in [-0.3, -0.25) is 0 Å². The summed E-state index contributed by atoms with van der Waals surface area (Å²) in [6.07, 6.45) is 2.29. The summed E-state index contributed by atoms with van der Waals surface area (Å²) < 4.78 is 34.8. The number of aromatic nitrogens is 1. The Kier molecular flexibility index (Phi) is 6.39. The average molecular weight is 483 g/mol. The van der Waals surface area contributed by atoms with Crippen LogP contribution < -0.4 is 9.47 Å². The number of thioether (sulfide) groups is 1. The summed E-state index contributed by atoms with van der Waals surface area (Å²) in [6, 6.07) is 22.9. The van der Waals surface area contributed by atoms with Crippen molar-refractivity contribution in [1.82, 2.24) is 0 Å². The summed E-state index contributed by atoms with van der Waals surface area (Å²) in [5.74, 6) is 0. The van der Waals surface area contributed by atoms with Crippen molar-refractivity contribution in [2.24, 2.45) is 7.05 Å². The van der Waals surface area contributed by atoms with Crippen LogP contribution in [0.1, 0.15) is 10.6 Å². The van der Waals surface area contributed by atoms with Gasteiger partial charge in [0.05, 0.1) is 21.7 Å². The zero-order valence-corrected chi connectivity index (χ0v) is 20.3. The van der Waals surface area contributed by atoms with Crippen LogP contribution in [0, 0.1) is 6.92 Å². The maximum Gasteiger partial charge on any atom is 0.265 e. The number of benzene rings is 3. The molecule has 8 heteroatoms. The second-order valence-electron chi connectivity index (χ2n) is 7.35. The van der Waals surface area contributed by atoms with E-state index in [9.17, 15) is 13.0 Å². The minimum Gasteiger partial charge on any atom is -0.744 e. The van der Waals surface area contributed by atoms with Crippen LogP contribution in [-0.2, 0) is 17.2 Å². The normalized spacial score (nSPS) is 14.4. The van der Waals surface area contributed by atoms with Crippen LogP contribution in [0.3, 0.4) is 0 Å². The Labute approximate surface area is 196 Å². The van der Waals surface area contributed by atoms with Crippen LogP contribution in [0.4, 0.5) is 5.69 Å². The molecule has 0 amide bonds. The predicted molar refractivity (Wildman–Crippen MR) is 131 cm³/mol. The number of aryl methyl sites for hydroxylation is 2. The van der Waals surface area contributed by atoms with E-state index in [1.54, 1.807) is 12.1 Å². The van der Waals surface area contributed by atoms with E-state index >= 15 is 0 Å². The molecule has 2 heterocycles. The number of hydrogen-bond acceptors (Lipinski definition) is 6. The molecule has 1 aliphatic heterocycles. The number of anilines is 1. The molecule has 32 heavy (non-hydrogen) atoms. The van der Waals surface area contributed by atoms with E-state index in [2.05, 4.69) is 78.2 Å². The lowest BCUT2D eigenvalue weighted by atomic mass is 10.2. The highest BCUT2D eigenvalue weighted by Gasteiger charge is 2.24. The quantitative estimate of drug-likeness (QED) is 0.291. The molecule has 164 valence electrons. The second kappa shape index (κ2) is 9.07. The second-order valence-corrected chi connectivity index (χ2v) is 10.8. The standard InChI is InChI=1S/C17H15N2S2.C7H8O3S/c1-18-12-7-3-5-9-14(12)20-16(18)11-17-19(2)13-8-4-6-10-15(13)21-17;1-6-2-4-7(5-3-6)11(8,9)10/h3-11H,1-2H3;2-5H,1H3,(H,8,9,10)/q+1;/p-1. The van der Waals surface area contributed by atoms with E-state index < -0.39 is 10.1 Å². The third-order valence-electron chi connectivity index (χ3n) is 5.10. The van der Waals surface area contributed by atoms with E-state index in [0.29, 0.717) is 0 Å². The molecule has 5 rings (SSSR count). The molecule has 0 saturated heterocycles. The van der Waals surface area contributed by atoms with Gasteiger partial charge in [0.2, 0.25) is 5.52 Å². The van der Waals surface area contributed by atoms with Gasteiger partial charge in [-0.1, -0.05) is 65.1 Å². The van der Waals surface area contributed by atoms with E-state index in [0.717, 1.165) is 5.56 Å². The number of para-hydroxylation sites is 2. The van der Waals surface area contributed by atoms with Crippen molar-refractivity contribution in [3.05, 3.63) is 88.4 Å². The minimum atomic E-state index is -4.27. The fourth-order valence-corrected chi connectivity index (χ4v) is 6.02. The highest BCUT2D eigenvalue weighted by atomic mass is 32.2. The van der Waals surface area contributed by atoms with Crippen molar-refractivity contribution in [2.75, 3.05) is 11.9 Å². The summed E-state index contributed by atoms with van der Waals surface area (Å²) >= 11 is 3.68. The average Bonchev–Trinajstić information content (AvgIpc) is 3.26. The molecular formula is C24H22N2O3S3. The van der Waals surface area contributed by atoms with Gasteiger partial charge in [0.1, 0.15) is 21.9 Å². The van der Waals surface area contributed by atoms with Gasteiger partial charge in [-0.05, 0) is 37.3 Å². The van der Waals surface area contributed by atoms with Crippen molar-refractivity contribution in [3.8, 4) is 0 Å². The van der Waals surface area contributed by atoms with Gasteiger partial charge in [0.25, 0.3) is 5.01 Å². The Morgan fingerprint density at radius 1 is 0.969 bits per heavy atom. The van der Waals surface area contributed by atoms with Crippen molar-refractivity contribution in [1.29, 1.82) is 0 Å². The van der Waals surface area contributed by atoms with Crippen LogP contribution in [-0.4, -0.2) is 20.0 Å². The zero-order valence-electron chi connectivity index (χ0n) is 17.8. The van der Waals surface area contributed by atoms with Crippen LogP contribution in [0.2, 0.25) is 0 Å². The Bertz CT molecular complexity index is 1410. The lowest BCUT2D eigenvalue weighted by molar-refractivity contribution is -0.642. The Morgan fingerprint density at radius 3 is 2.28 bits per heavy atom. The molecule has 4 aromatic rings. The third kappa shape index (κ3) is 4.73. The Balaban J connectivity index is 0.000000189. The zero-order chi connectivity index (χ0) is 22.9. The molecule has 0 spiro atoms. The molecule has 0 unspecified atom stereocenters. The fraction of sp³-hybridized carbons (Fsp3) is 0.125. The third-order valence-corrected chi connectivity index (χ3v) is 8.28. The molecule has 0 radical (unpaired) electrons. The number of hydrogen-bond donors (Lipinski definition) is 0. The smallest absolute Gasteiger partial charge is 0.265 e. The van der Waals surface area contributed by atoms with Crippen LogP contribution in [0.15, 0.2) is 87.6 Å². The summed E-state index contributed by atoms with van der Waals surface area (Å²) in [5.41, 5.74) is 3.51. The lowest BCUT2D eigenvalue weighted by Gasteiger charge is -2.12. The first-order valence-corrected chi connectivity index (χ1v) is 12.9. The van der Waals surface area contributed by atoms with Gasteiger partial charge >= 0.3 is 0 Å². The van der Waals surface area contributed by atoms with E-state index in [4.69, 9.17) is 0 Å². The minimum absolute atomic E-state index is 0.178. The Hall–Kier alpha value is -2.65. The van der Waals surface area contributed by atoms with Gasteiger partial charge in [0.15, 0.2) is 0 Å². The van der Waals surface area contributed by atoms with Crippen molar-refractivity contribution in [2.45, 2.75) is 16.7 Å². The molecule has 0 bridgehead atoms. The SMILES string of the molecule is CN1C(=Cc2sc3ccccc3[n+]2C)Sc2ccccc21.Cc1ccc(S(=O)(=O)[O-])cc1. The summed E-state index contributed by atoms with van der Waals surface area (Å²) in [5, 5.41) is 2.55. The molecule has 0 saturated carbocycles. The molecule has 0 aliphatic carbocycles. The molecule has 5 nitrogen and oxygen atoms in total. The molecular weight excluding hydrogens is 460 g/mol. The first-order chi connectivity index (χ1) is 15.2. The number of nitrogens with zero attached hydrogens (tertiary/aromatic N) is 2. The maximum absolute atomic E-state index is 10.4. The molecule has 1 aliphatic rings. The molecule has 0 N–H and O–H groups in total. The predicted octanol–water partition coefficient (Wildman–Crippen LogP) is 5.17. The molecule has 1 aromatic heterocycles. The lowest BCUT2D eigenvalue weighted by Crippen LogP contribution is -2.29. The van der Waals surface area contributed by atoms with E-state index in [1.165, 1.54) is 43.0 Å². The monoisotopic (exact) mass is 482 g/mol. The fourth-order valence-electron chi connectivity index (χ4n) is 3.30. The largest absolute Gasteiger partial charge is 0.744 e. The highest BCUT2D eigenvalue weighted by Crippen LogP contribution is 2.45. The molecule has 3 aromatic carbocycles. The topological polar surface area (TPSA) is 64.3 Å². The van der Waals surface area contributed by atoms with Gasteiger partial charge in [-0.2, -0.15) is 4.57 Å². The van der Waals surface area contributed by atoms with Gasteiger partial charge in [-0.25, -0.2) is 8.42 Å². The van der Waals surface area contributed by atoms with Crippen LogP contribution in [0.25, 0.3) is 16.3 Å². The van der Waals surface area contributed by atoms with Crippen molar-refractivity contribution >= 4 is 55.2 Å². The summed E-state index contributed by atoms with van der Waals surface area (Å²) in [7, 11) is 0.00420. The number of rotatable bonds is 2. The first-order valence-electron chi connectivity index (χ1n) is 9.86. The number of thiazole rings is 1. The van der Waals surface area contributed by atoms with Crippen LogP contribution in [0.5, 0.6) is 0 Å². The van der Waals surface area contributed by atoms with Crippen LogP contribution >= 0.6 is 23.1 Å². The summed E-state index contributed by atoms with van der Waals surface area (Å²) in [6.45, 7) is 1.82.